The number of hydrogen-bond donors (Lipinski definition) is 1. The van der Waals surface area contributed by atoms with E-state index in [9.17, 15) is 0 Å². The summed E-state index contributed by atoms with van der Waals surface area (Å²) in [5, 5.41) is 3.46. The molecule has 1 heterocycles. The highest BCUT2D eigenvalue weighted by atomic mass is 35.5. The molecule has 0 bridgehead atoms. The first-order valence-corrected chi connectivity index (χ1v) is 7.59. The standard InChI is InChI=1S/C17H28N2.2ClH/c1-13(2)9-17(19-7-5-18-6-8-19)16-11-14(3)10-15(4)12-16;;/h10-13,17-18H,5-9H2,1-4H3;2*1H/t17-;;/m1../s1. The molecule has 0 saturated carbocycles. The van der Waals surface area contributed by atoms with Crippen LogP contribution in [0.3, 0.4) is 0 Å². The first-order chi connectivity index (χ1) is 9.06. The van der Waals surface area contributed by atoms with Crippen LogP contribution in [0, 0.1) is 19.8 Å². The summed E-state index contributed by atoms with van der Waals surface area (Å²) in [6, 6.07) is 7.61. The van der Waals surface area contributed by atoms with Gasteiger partial charge in [-0.05, 0) is 31.7 Å². The molecule has 0 aromatic heterocycles. The zero-order chi connectivity index (χ0) is 13.8. The molecule has 4 heteroatoms. The van der Waals surface area contributed by atoms with Crippen molar-refractivity contribution in [3.8, 4) is 0 Å². The van der Waals surface area contributed by atoms with Crippen molar-refractivity contribution in [3.05, 3.63) is 34.9 Å². The molecule has 1 aliphatic rings. The van der Waals surface area contributed by atoms with Crippen molar-refractivity contribution < 1.29 is 0 Å². The normalized spacial score (nSPS) is 17.0. The summed E-state index contributed by atoms with van der Waals surface area (Å²) in [5.74, 6) is 0.737. The molecule has 2 rings (SSSR count). The summed E-state index contributed by atoms with van der Waals surface area (Å²) < 4.78 is 0. The van der Waals surface area contributed by atoms with Crippen molar-refractivity contribution in [2.45, 2.75) is 40.2 Å². The largest absolute Gasteiger partial charge is 0.314 e. The van der Waals surface area contributed by atoms with Gasteiger partial charge in [0.1, 0.15) is 0 Å². The Labute approximate surface area is 142 Å². The van der Waals surface area contributed by atoms with Gasteiger partial charge in [-0.15, -0.1) is 24.8 Å². The molecule has 1 fully saturated rings. The third-order valence-corrected chi connectivity index (χ3v) is 3.92. The second-order valence-electron chi connectivity index (χ2n) is 6.35. The van der Waals surface area contributed by atoms with Gasteiger partial charge in [0.2, 0.25) is 0 Å². The van der Waals surface area contributed by atoms with E-state index in [1.165, 1.54) is 36.2 Å². The van der Waals surface area contributed by atoms with E-state index in [0.29, 0.717) is 6.04 Å². The van der Waals surface area contributed by atoms with E-state index in [2.05, 4.69) is 56.1 Å². The Bertz CT molecular complexity index is 395. The lowest BCUT2D eigenvalue weighted by Gasteiger charge is -2.36. The van der Waals surface area contributed by atoms with Crippen LogP contribution in [0.25, 0.3) is 0 Å². The molecule has 1 aliphatic heterocycles. The predicted molar refractivity (Wildman–Crippen MR) is 97.1 cm³/mol. The van der Waals surface area contributed by atoms with Crippen LogP contribution in [0.1, 0.15) is 43.0 Å². The summed E-state index contributed by atoms with van der Waals surface area (Å²) in [6.07, 6.45) is 1.25. The number of piperazine rings is 1. The second kappa shape index (κ2) is 9.68. The van der Waals surface area contributed by atoms with E-state index in [-0.39, 0.29) is 24.8 Å². The predicted octanol–water partition coefficient (Wildman–Crippen LogP) is 4.14. The van der Waals surface area contributed by atoms with Crippen molar-refractivity contribution in [3.63, 3.8) is 0 Å². The Morgan fingerprint density at radius 1 is 1.00 bits per heavy atom. The number of halogens is 2. The highest BCUT2D eigenvalue weighted by molar-refractivity contribution is 5.85. The van der Waals surface area contributed by atoms with Crippen LogP contribution in [-0.4, -0.2) is 31.1 Å². The smallest absolute Gasteiger partial charge is 0.0351 e. The second-order valence-corrected chi connectivity index (χ2v) is 6.35. The molecular weight excluding hydrogens is 303 g/mol. The molecule has 0 aliphatic carbocycles. The van der Waals surface area contributed by atoms with Crippen molar-refractivity contribution >= 4 is 24.8 Å². The molecule has 0 radical (unpaired) electrons. The molecule has 1 aromatic carbocycles. The lowest BCUT2D eigenvalue weighted by molar-refractivity contribution is 0.154. The first kappa shape index (κ1) is 20.7. The van der Waals surface area contributed by atoms with Gasteiger partial charge in [-0.3, -0.25) is 4.90 Å². The molecule has 1 saturated heterocycles. The van der Waals surface area contributed by atoms with Crippen molar-refractivity contribution in [1.82, 2.24) is 10.2 Å². The van der Waals surface area contributed by atoms with Gasteiger partial charge in [0, 0.05) is 32.2 Å². The van der Waals surface area contributed by atoms with Crippen LogP contribution in [0.5, 0.6) is 0 Å². The van der Waals surface area contributed by atoms with E-state index in [4.69, 9.17) is 0 Å². The summed E-state index contributed by atoms with van der Waals surface area (Å²) in [7, 11) is 0. The summed E-state index contributed by atoms with van der Waals surface area (Å²) in [6.45, 7) is 13.7. The lowest BCUT2D eigenvalue weighted by atomic mass is 9.93. The highest BCUT2D eigenvalue weighted by Gasteiger charge is 2.23. The minimum atomic E-state index is 0. The Hall–Kier alpha value is -0.280. The Balaban J connectivity index is 0.00000200. The molecule has 0 unspecified atom stereocenters. The van der Waals surface area contributed by atoms with Gasteiger partial charge in [0.15, 0.2) is 0 Å². The molecule has 122 valence electrons. The Morgan fingerprint density at radius 3 is 2.00 bits per heavy atom. The molecule has 1 aromatic rings. The number of hydrogen-bond acceptors (Lipinski definition) is 2. The molecule has 21 heavy (non-hydrogen) atoms. The average Bonchev–Trinajstić information content (AvgIpc) is 2.35. The molecule has 0 spiro atoms. The summed E-state index contributed by atoms with van der Waals surface area (Å²) in [4.78, 5) is 2.66. The third kappa shape index (κ3) is 6.15. The molecule has 2 nitrogen and oxygen atoms in total. The quantitative estimate of drug-likeness (QED) is 0.891. The zero-order valence-electron chi connectivity index (χ0n) is 13.7. The Kier molecular flexibility index (Phi) is 9.55. The van der Waals surface area contributed by atoms with E-state index >= 15 is 0 Å². The number of nitrogens with one attached hydrogen (secondary N) is 1. The number of benzene rings is 1. The highest BCUT2D eigenvalue weighted by Crippen LogP contribution is 2.29. The Morgan fingerprint density at radius 2 is 1.52 bits per heavy atom. The minimum absolute atomic E-state index is 0. The van der Waals surface area contributed by atoms with Gasteiger partial charge in [-0.1, -0.05) is 43.2 Å². The van der Waals surface area contributed by atoms with Crippen LogP contribution < -0.4 is 5.32 Å². The average molecular weight is 333 g/mol. The summed E-state index contributed by atoms with van der Waals surface area (Å²) in [5.41, 5.74) is 4.28. The maximum Gasteiger partial charge on any atom is 0.0351 e. The van der Waals surface area contributed by atoms with Crippen LogP contribution in [0.15, 0.2) is 18.2 Å². The maximum absolute atomic E-state index is 3.46. The van der Waals surface area contributed by atoms with Crippen LogP contribution >= 0.6 is 24.8 Å². The topological polar surface area (TPSA) is 15.3 Å². The first-order valence-electron chi connectivity index (χ1n) is 7.59. The maximum atomic E-state index is 3.46. The fourth-order valence-corrected chi connectivity index (χ4v) is 3.14. The van der Waals surface area contributed by atoms with E-state index in [1.807, 2.05) is 0 Å². The van der Waals surface area contributed by atoms with Gasteiger partial charge in [-0.2, -0.15) is 0 Å². The monoisotopic (exact) mass is 332 g/mol. The van der Waals surface area contributed by atoms with Crippen molar-refractivity contribution in [2.75, 3.05) is 26.2 Å². The molecule has 1 N–H and O–H groups in total. The lowest BCUT2D eigenvalue weighted by Crippen LogP contribution is -2.45. The van der Waals surface area contributed by atoms with Gasteiger partial charge in [0.25, 0.3) is 0 Å². The fraction of sp³-hybridized carbons (Fsp3) is 0.647. The van der Waals surface area contributed by atoms with Crippen LogP contribution in [0.4, 0.5) is 0 Å². The molecular formula is C17H30Cl2N2. The van der Waals surface area contributed by atoms with Crippen LogP contribution in [-0.2, 0) is 0 Å². The van der Waals surface area contributed by atoms with Gasteiger partial charge in [-0.25, -0.2) is 0 Å². The number of rotatable bonds is 4. The number of nitrogens with zero attached hydrogens (tertiary/aromatic N) is 1. The summed E-state index contributed by atoms with van der Waals surface area (Å²) >= 11 is 0. The van der Waals surface area contributed by atoms with Crippen LogP contribution in [0.2, 0.25) is 0 Å². The SMILES string of the molecule is Cc1cc(C)cc([C@@H](CC(C)C)N2CCNCC2)c1.Cl.Cl. The number of aryl methyl sites for hydroxylation is 2. The van der Waals surface area contributed by atoms with E-state index in [0.717, 1.165) is 19.0 Å². The van der Waals surface area contributed by atoms with Crippen molar-refractivity contribution in [2.24, 2.45) is 5.92 Å². The minimum Gasteiger partial charge on any atom is -0.314 e. The van der Waals surface area contributed by atoms with Gasteiger partial charge >= 0.3 is 0 Å². The molecule has 1 atom stereocenters. The van der Waals surface area contributed by atoms with E-state index < -0.39 is 0 Å². The van der Waals surface area contributed by atoms with Gasteiger partial charge < -0.3 is 5.32 Å². The zero-order valence-corrected chi connectivity index (χ0v) is 15.3. The molecule has 0 amide bonds. The third-order valence-electron chi connectivity index (χ3n) is 3.92. The van der Waals surface area contributed by atoms with Gasteiger partial charge in [0.05, 0.1) is 0 Å². The van der Waals surface area contributed by atoms with Crippen molar-refractivity contribution in [1.29, 1.82) is 0 Å². The van der Waals surface area contributed by atoms with E-state index in [1.54, 1.807) is 0 Å². The fourth-order valence-electron chi connectivity index (χ4n) is 3.14.